The number of unbranched alkanes of at least 4 members (excludes halogenated alkanes) is 4. The summed E-state index contributed by atoms with van der Waals surface area (Å²) < 4.78 is 5.58. The van der Waals surface area contributed by atoms with Crippen LogP contribution >= 0.6 is 0 Å². The predicted molar refractivity (Wildman–Crippen MR) is 163 cm³/mol. The molecule has 2 unspecified atom stereocenters. The summed E-state index contributed by atoms with van der Waals surface area (Å²) in [6.07, 6.45) is 11.5. The number of nitrogens with zero attached hydrogens (tertiary/aromatic N) is 2. The van der Waals surface area contributed by atoms with Crippen LogP contribution < -0.4 is 15.5 Å². The van der Waals surface area contributed by atoms with Gasteiger partial charge in [0.1, 0.15) is 17.4 Å². The molecule has 3 aromatic rings. The number of phenolic OH excluding ortho intramolecular Hbond substituents is 1. The first-order valence-electron chi connectivity index (χ1n) is 15.2. The van der Waals surface area contributed by atoms with Gasteiger partial charge in [0.25, 0.3) is 0 Å². The number of carbonyl (C=O) groups excluding carboxylic acids is 2. The number of fused-ring (bicyclic) bond motifs is 1. The lowest BCUT2D eigenvalue weighted by Gasteiger charge is -2.46. The number of aliphatic hydroxyl groups excluding tert-OH is 1. The summed E-state index contributed by atoms with van der Waals surface area (Å²) in [5.74, 6) is 0.221. The number of anilines is 1. The molecule has 0 spiro atoms. The van der Waals surface area contributed by atoms with Gasteiger partial charge in [-0.25, -0.2) is 4.98 Å². The number of hydrogen-bond acceptors (Lipinski definition) is 7. The topological polar surface area (TPSA) is 137 Å². The number of carbonyl (C=O) groups is 2. The van der Waals surface area contributed by atoms with E-state index in [2.05, 4.69) is 16.9 Å². The van der Waals surface area contributed by atoms with E-state index in [-0.39, 0.29) is 36.8 Å². The monoisotopic (exact) mass is 574 g/mol. The van der Waals surface area contributed by atoms with Crippen LogP contribution in [0.15, 0.2) is 42.7 Å². The number of aliphatic hydroxyl groups is 1. The fraction of sp³-hybridized carbons (Fsp3) is 0.500. The minimum Gasteiger partial charge on any atom is -0.668 e. The molecule has 8 nitrogen and oxygen atoms in total. The number of ketones is 2. The zero-order valence-corrected chi connectivity index (χ0v) is 24.9. The highest BCUT2D eigenvalue weighted by Crippen LogP contribution is 2.54. The number of rotatable bonds is 16. The molecular weight excluding hydrogens is 530 g/mol. The number of aryl methyl sites for hydroxylation is 1. The molecule has 1 aliphatic rings. The number of benzene rings is 1. The van der Waals surface area contributed by atoms with E-state index < -0.39 is 11.3 Å². The number of pyridine rings is 1. The number of hydrogen-bond donors (Lipinski definition) is 3. The smallest absolute Gasteiger partial charge is 0.161 e. The van der Waals surface area contributed by atoms with E-state index in [0.717, 1.165) is 48.1 Å². The van der Waals surface area contributed by atoms with Gasteiger partial charge in [-0.15, -0.1) is 0 Å². The maximum Gasteiger partial charge on any atom is 0.161 e. The van der Waals surface area contributed by atoms with Crippen molar-refractivity contribution in [2.24, 2.45) is 5.41 Å². The van der Waals surface area contributed by atoms with Crippen LogP contribution in [0.3, 0.4) is 0 Å². The van der Waals surface area contributed by atoms with E-state index in [1.165, 1.54) is 13.5 Å². The SMILES string of the molecule is CCCCCCCC(=O)CC(=O)CCc1cc(OC)c(O)c(C2c3ccnc(N)c3CCC2(CO)Cc2ccc[n-]2)c1. The van der Waals surface area contributed by atoms with Crippen LogP contribution in [0.1, 0.15) is 98.6 Å². The normalized spacial score (nSPS) is 18.0. The van der Waals surface area contributed by atoms with Gasteiger partial charge in [0.05, 0.1) is 13.5 Å². The van der Waals surface area contributed by atoms with Crippen molar-refractivity contribution in [1.29, 1.82) is 0 Å². The van der Waals surface area contributed by atoms with Gasteiger partial charge < -0.3 is 25.7 Å². The Morgan fingerprint density at radius 3 is 2.62 bits per heavy atom. The summed E-state index contributed by atoms with van der Waals surface area (Å²) in [6.45, 7) is 2.03. The number of nitrogen functional groups attached to an aromatic ring is 1. The quantitative estimate of drug-likeness (QED) is 0.152. The summed E-state index contributed by atoms with van der Waals surface area (Å²) in [7, 11) is 1.50. The largest absolute Gasteiger partial charge is 0.668 e. The van der Waals surface area contributed by atoms with Crippen molar-refractivity contribution in [1.82, 2.24) is 9.97 Å². The summed E-state index contributed by atoms with van der Waals surface area (Å²) in [5.41, 5.74) is 9.74. The van der Waals surface area contributed by atoms with Crippen molar-refractivity contribution < 1.29 is 24.5 Å². The molecule has 8 heteroatoms. The van der Waals surface area contributed by atoms with E-state index in [1.807, 2.05) is 24.3 Å². The number of phenols is 1. The molecule has 1 aliphatic carbocycles. The Morgan fingerprint density at radius 1 is 1.12 bits per heavy atom. The fourth-order valence-corrected chi connectivity index (χ4v) is 6.45. The van der Waals surface area contributed by atoms with Crippen LogP contribution in [-0.2, 0) is 28.9 Å². The number of nitrogens with two attached hydrogens (primary N) is 1. The molecule has 4 rings (SSSR count). The van der Waals surface area contributed by atoms with Gasteiger partial charge in [0.2, 0.25) is 0 Å². The molecule has 1 aromatic carbocycles. The summed E-state index contributed by atoms with van der Waals surface area (Å²) in [6, 6.07) is 9.38. The second-order valence-electron chi connectivity index (χ2n) is 11.7. The highest BCUT2D eigenvalue weighted by atomic mass is 16.5. The number of aromatic hydroxyl groups is 1. The van der Waals surface area contributed by atoms with Crippen molar-refractivity contribution in [3.63, 3.8) is 0 Å². The number of aromatic nitrogens is 2. The Hall–Kier alpha value is -3.65. The molecule has 0 aliphatic heterocycles. The van der Waals surface area contributed by atoms with Gasteiger partial charge in [-0.05, 0) is 60.9 Å². The summed E-state index contributed by atoms with van der Waals surface area (Å²) in [5, 5.41) is 22.4. The third kappa shape index (κ3) is 7.21. The van der Waals surface area contributed by atoms with Gasteiger partial charge >= 0.3 is 0 Å². The van der Waals surface area contributed by atoms with Gasteiger partial charge in [-0.1, -0.05) is 50.8 Å². The van der Waals surface area contributed by atoms with Crippen molar-refractivity contribution >= 4 is 17.4 Å². The summed E-state index contributed by atoms with van der Waals surface area (Å²) in [4.78, 5) is 33.9. The van der Waals surface area contributed by atoms with Crippen LogP contribution in [0.2, 0.25) is 0 Å². The maximum atomic E-state index is 12.7. The first-order valence-corrected chi connectivity index (χ1v) is 15.2. The van der Waals surface area contributed by atoms with E-state index in [0.29, 0.717) is 49.2 Å². The lowest BCUT2D eigenvalue weighted by atomic mass is 9.60. The average Bonchev–Trinajstić information content (AvgIpc) is 3.49. The van der Waals surface area contributed by atoms with E-state index in [9.17, 15) is 19.8 Å². The zero-order chi connectivity index (χ0) is 30.1. The molecule has 2 aromatic heterocycles. The lowest BCUT2D eigenvalue weighted by molar-refractivity contribution is -0.127. The minimum absolute atomic E-state index is 0.000615. The molecule has 0 amide bonds. The van der Waals surface area contributed by atoms with Gasteiger partial charge in [-0.2, -0.15) is 11.9 Å². The van der Waals surface area contributed by atoms with E-state index in [1.54, 1.807) is 18.5 Å². The number of methoxy groups -OCH3 is 1. The Balaban J connectivity index is 1.61. The standard InChI is InChI=1S/C34H44N3O5/c1-3-4-5-6-7-10-25(39)20-26(40)12-11-23-18-29(32(41)30(19-23)42-2)31-27-14-17-37-33(35)28(27)13-15-34(31,22-38)21-24-9-8-16-36-24/h8-9,14,16-19,31,38,41H,3-7,10-13,15,20-22H2,1-2H3,(H2,35,37)/q-1. The molecule has 0 fully saturated rings. The van der Waals surface area contributed by atoms with Crippen LogP contribution in [0, 0.1) is 5.41 Å². The Kier molecular flexibility index (Phi) is 10.8. The van der Waals surface area contributed by atoms with Crippen LogP contribution in [0.4, 0.5) is 5.82 Å². The molecule has 2 heterocycles. The van der Waals surface area contributed by atoms with Crippen LogP contribution in [0.5, 0.6) is 11.5 Å². The average molecular weight is 575 g/mol. The van der Waals surface area contributed by atoms with Gasteiger partial charge in [0.15, 0.2) is 11.5 Å². The van der Waals surface area contributed by atoms with E-state index in [4.69, 9.17) is 10.5 Å². The maximum absolute atomic E-state index is 12.7. The summed E-state index contributed by atoms with van der Waals surface area (Å²) >= 11 is 0. The minimum atomic E-state index is -0.664. The van der Waals surface area contributed by atoms with Crippen LogP contribution in [-0.4, -0.2) is 40.5 Å². The van der Waals surface area contributed by atoms with Gasteiger partial charge in [-0.3, -0.25) is 9.59 Å². The third-order valence-electron chi connectivity index (χ3n) is 8.73. The highest BCUT2D eigenvalue weighted by molar-refractivity contribution is 5.99. The second-order valence-corrected chi connectivity index (χ2v) is 11.7. The van der Waals surface area contributed by atoms with Crippen molar-refractivity contribution in [3.05, 3.63) is 70.7 Å². The first kappa shape index (κ1) is 31.3. The van der Waals surface area contributed by atoms with Crippen molar-refractivity contribution in [2.75, 3.05) is 19.5 Å². The second kappa shape index (κ2) is 14.5. The molecular formula is C34H44N3O5-. The Bertz CT molecular complexity index is 1350. The molecule has 42 heavy (non-hydrogen) atoms. The lowest BCUT2D eigenvalue weighted by Crippen LogP contribution is -2.40. The predicted octanol–water partition coefficient (Wildman–Crippen LogP) is 5.46. The molecule has 226 valence electrons. The van der Waals surface area contributed by atoms with Crippen molar-refractivity contribution in [3.8, 4) is 11.5 Å². The third-order valence-corrected chi connectivity index (χ3v) is 8.73. The molecule has 0 radical (unpaired) electrons. The molecule has 0 bridgehead atoms. The molecule has 0 saturated carbocycles. The molecule has 0 saturated heterocycles. The van der Waals surface area contributed by atoms with Crippen LogP contribution in [0.25, 0.3) is 0 Å². The Labute approximate surface area is 248 Å². The fourth-order valence-electron chi connectivity index (χ4n) is 6.45. The zero-order valence-electron chi connectivity index (χ0n) is 24.9. The highest BCUT2D eigenvalue weighted by Gasteiger charge is 2.45. The van der Waals surface area contributed by atoms with E-state index >= 15 is 0 Å². The molecule has 4 N–H and O–H groups in total. The van der Waals surface area contributed by atoms with Gasteiger partial charge in [0, 0.05) is 42.5 Å². The first-order chi connectivity index (χ1) is 20.3. The van der Waals surface area contributed by atoms with Crippen molar-refractivity contribution in [2.45, 2.75) is 89.9 Å². The number of ether oxygens (including phenoxy) is 1. The number of Topliss-reactive ketones (excluding diaryl/α,β-unsaturated/α-hetero) is 2. The Morgan fingerprint density at radius 2 is 1.90 bits per heavy atom. The molecule has 2 atom stereocenters.